The van der Waals surface area contributed by atoms with E-state index in [2.05, 4.69) is 5.32 Å². The zero-order valence-electron chi connectivity index (χ0n) is 10.4. The van der Waals surface area contributed by atoms with Crippen LogP contribution in [0, 0.1) is 0 Å². The van der Waals surface area contributed by atoms with Crippen LogP contribution >= 0.6 is 23.2 Å². The molecule has 0 unspecified atom stereocenters. The minimum atomic E-state index is 0.169. The summed E-state index contributed by atoms with van der Waals surface area (Å²) in [7, 11) is 0. The van der Waals surface area contributed by atoms with Crippen molar-refractivity contribution in [2.45, 2.75) is 13.0 Å². The average Bonchev–Trinajstić information content (AvgIpc) is 2.40. The maximum atomic E-state index is 8.86. The average molecular weight is 296 g/mol. The number of benzene rings is 2. The van der Waals surface area contributed by atoms with Gasteiger partial charge in [0.05, 0.1) is 0 Å². The zero-order valence-corrected chi connectivity index (χ0v) is 11.9. The molecule has 0 aromatic heterocycles. The summed E-state index contributed by atoms with van der Waals surface area (Å²) in [6, 6.07) is 13.4. The van der Waals surface area contributed by atoms with E-state index in [4.69, 9.17) is 28.3 Å². The van der Waals surface area contributed by atoms with E-state index < -0.39 is 0 Å². The van der Waals surface area contributed by atoms with E-state index >= 15 is 0 Å². The Balaban J connectivity index is 2.02. The molecule has 0 atom stereocenters. The van der Waals surface area contributed by atoms with Crippen molar-refractivity contribution < 1.29 is 5.11 Å². The molecule has 100 valence electrons. The number of rotatable bonds is 5. The quantitative estimate of drug-likeness (QED) is 0.869. The van der Waals surface area contributed by atoms with E-state index in [-0.39, 0.29) is 6.61 Å². The summed E-state index contributed by atoms with van der Waals surface area (Å²) in [4.78, 5) is 0. The number of nitrogens with one attached hydrogen (secondary N) is 1. The van der Waals surface area contributed by atoms with Crippen molar-refractivity contribution in [1.29, 1.82) is 0 Å². The molecule has 0 aliphatic heterocycles. The smallest absolute Gasteiger partial charge is 0.0471 e. The lowest BCUT2D eigenvalue weighted by Gasteiger charge is -2.10. The van der Waals surface area contributed by atoms with Gasteiger partial charge in [-0.25, -0.2) is 0 Å². The van der Waals surface area contributed by atoms with Gasteiger partial charge in [-0.1, -0.05) is 41.4 Å². The van der Waals surface area contributed by atoms with Gasteiger partial charge in [0.2, 0.25) is 0 Å². The summed E-state index contributed by atoms with van der Waals surface area (Å²) in [6.07, 6.45) is 0.677. The third-order valence-electron chi connectivity index (χ3n) is 2.89. The van der Waals surface area contributed by atoms with E-state index in [9.17, 15) is 0 Å². The second-order valence-corrected chi connectivity index (χ2v) is 5.04. The molecule has 0 bridgehead atoms. The van der Waals surface area contributed by atoms with Crippen LogP contribution in [0.1, 0.15) is 11.1 Å². The molecule has 0 aliphatic rings. The Morgan fingerprint density at radius 2 is 1.58 bits per heavy atom. The van der Waals surface area contributed by atoms with E-state index in [1.807, 2.05) is 42.5 Å². The summed E-state index contributed by atoms with van der Waals surface area (Å²) in [5.41, 5.74) is 3.01. The Labute approximate surface area is 123 Å². The lowest BCUT2D eigenvalue weighted by atomic mass is 10.1. The molecule has 0 radical (unpaired) electrons. The molecule has 0 fully saturated rings. The second kappa shape index (κ2) is 6.80. The Morgan fingerprint density at radius 3 is 2.16 bits per heavy atom. The molecule has 2 aromatic carbocycles. The predicted molar refractivity (Wildman–Crippen MR) is 81.0 cm³/mol. The first kappa shape index (κ1) is 14.2. The van der Waals surface area contributed by atoms with Crippen molar-refractivity contribution in [3.8, 4) is 0 Å². The third kappa shape index (κ3) is 3.87. The highest BCUT2D eigenvalue weighted by molar-refractivity contribution is 6.36. The van der Waals surface area contributed by atoms with E-state index in [0.717, 1.165) is 16.8 Å². The highest BCUT2D eigenvalue weighted by Gasteiger charge is 2.04. The van der Waals surface area contributed by atoms with Gasteiger partial charge in [-0.2, -0.15) is 0 Å². The first-order valence-corrected chi connectivity index (χ1v) is 6.83. The van der Waals surface area contributed by atoms with Crippen LogP contribution < -0.4 is 5.32 Å². The topological polar surface area (TPSA) is 32.3 Å². The van der Waals surface area contributed by atoms with Crippen molar-refractivity contribution in [3.63, 3.8) is 0 Å². The summed E-state index contributed by atoms with van der Waals surface area (Å²) in [5, 5.41) is 13.5. The molecule has 2 N–H and O–H groups in total. The van der Waals surface area contributed by atoms with Crippen molar-refractivity contribution >= 4 is 28.9 Å². The summed E-state index contributed by atoms with van der Waals surface area (Å²) < 4.78 is 0. The van der Waals surface area contributed by atoms with Crippen LogP contribution in [0.4, 0.5) is 5.69 Å². The Bertz CT molecular complexity index is 520. The van der Waals surface area contributed by atoms with Crippen LogP contribution in [0.15, 0.2) is 42.5 Å². The highest BCUT2D eigenvalue weighted by atomic mass is 35.5. The number of hydrogen-bond acceptors (Lipinski definition) is 2. The molecular weight excluding hydrogens is 281 g/mol. The largest absolute Gasteiger partial charge is 0.396 e. The van der Waals surface area contributed by atoms with Crippen LogP contribution in [0.25, 0.3) is 0 Å². The molecule has 4 heteroatoms. The van der Waals surface area contributed by atoms with Crippen molar-refractivity contribution in [3.05, 3.63) is 63.6 Å². The number of aliphatic hydroxyl groups is 1. The van der Waals surface area contributed by atoms with Crippen LogP contribution in [0.5, 0.6) is 0 Å². The second-order valence-electron chi connectivity index (χ2n) is 4.22. The van der Waals surface area contributed by atoms with Gasteiger partial charge in [0.15, 0.2) is 0 Å². The molecule has 0 aliphatic carbocycles. The molecule has 2 aromatic rings. The normalized spacial score (nSPS) is 10.5. The summed E-state index contributed by atoms with van der Waals surface area (Å²) in [6.45, 7) is 0.750. The van der Waals surface area contributed by atoms with Gasteiger partial charge in [0, 0.05) is 34.4 Å². The fraction of sp³-hybridized carbons (Fsp3) is 0.200. The van der Waals surface area contributed by atoms with Crippen LogP contribution in [-0.2, 0) is 13.0 Å². The van der Waals surface area contributed by atoms with Gasteiger partial charge in [-0.15, -0.1) is 0 Å². The van der Waals surface area contributed by atoms with Gasteiger partial charge >= 0.3 is 0 Å². The summed E-state index contributed by atoms with van der Waals surface area (Å²) >= 11 is 12.2. The van der Waals surface area contributed by atoms with Crippen molar-refractivity contribution in [1.82, 2.24) is 0 Å². The van der Waals surface area contributed by atoms with Crippen LogP contribution in [-0.4, -0.2) is 11.7 Å². The maximum Gasteiger partial charge on any atom is 0.0471 e. The van der Waals surface area contributed by atoms with E-state index in [1.165, 1.54) is 0 Å². The first-order chi connectivity index (χ1) is 9.20. The molecule has 0 saturated carbocycles. The molecule has 19 heavy (non-hydrogen) atoms. The first-order valence-electron chi connectivity index (χ1n) is 6.07. The highest BCUT2D eigenvalue weighted by Crippen LogP contribution is 2.25. The molecule has 0 saturated heterocycles. The lowest BCUT2D eigenvalue weighted by Crippen LogP contribution is -2.01. The third-order valence-corrected chi connectivity index (χ3v) is 3.59. The predicted octanol–water partition coefficient (Wildman–Crippen LogP) is 4.14. The van der Waals surface area contributed by atoms with Crippen molar-refractivity contribution in [2.75, 3.05) is 11.9 Å². The maximum absolute atomic E-state index is 8.86. The fourth-order valence-electron chi connectivity index (χ4n) is 1.81. The number of halogens is 2. The minimum absolute atomic E-state index is 0.169. The minimum Gasteiger partial charge on any atom is -0.396 e. The van der Waals surface area contributed by atoms with Crippen molar-refractivity contribution in [2.24, 2.45) is 0 Å². The Hall–Kier alpha value is -1.22. The molecule has 0 amide bonds. The van der Waals surface area contributed by atoms with Gasteiger partial charge in [-0.05, 0) is 36.2 Å². The molecule has 0 spiro atoms. The van der Waals surface area contributed by atoms with Gasteiger partial charge in [-0.3, -0.25) is 0 Å². The number of hydrogen-bond donors (Lipinski definition) is 2. The van der Waals surface area contributed by atoms with Gasteiger partial charge < -0.3 is 10.4 Å². The fourth-order valence-corrected chi connectivity index (χ4v) is 2.34. The molecular formula is C15H15Cl2NO. The lowest BCUT2D eigenvalue weighted by molar-refractivity contribution is 0.299. The molecule has 2 nitrogen and oxygen atoms in total. The van der Waals surface area contributed by atoms with E-state index in [1.54, 1.807) is 0 Å². The Kier molecular flexibility index (Phi) is 5.08. The van der Waals surface area contributed by atoms with Crippen LogP contribution in [0.3, 0.4) is 0 Å². The van der Waals surface area contributed by atoms with E-state index in [0.29, 0.717) is 23.0 Å². The number of aliphatic hydroxyl groups excluding tert-OH is 1. The monoisotopic (exact) mass is 295 g/mol. The Morgan fingerprint density at radius 1 is 0.947 bits per heavy atom. The standard InChI is InChI=1S/C15H15Cl2NO/c16-14-2-1-3-15(17)13(14)10-18-12-6-4-11(5-7-12)8-9-19/h1-7,18-19H,8-10H2. The molecule has 0 heterocycles. The number of anilines is 1. The zero-order chi connectivity index (χ0) is 13.7. The SMILES string of the molecule is OCCc1ccc(NCc2c(Cl)cccc2Cl)cc1. The summed E-state index contributed by atoms with van der Waals surface area (Å²) in [5.74, 6) is 0. The van der Waals surface area contributed by atoms with Gasteiger partial charge in [0.1, 0.15) is 0 Å². The van der Waals surface area contributed by atoms with Crippen LogP contribution in [0.2, 0.25) is 10.0 Å². The van der Waals surface area contributed by atoms with Gasteiger partial charge in [0.25, 0.3) is 0 Å². The molecule has 2 rings (SSSR count).